The van der Waals surface area contributed by atoms with E-state index >= 15 is 0 Å². The van der Waals surface area contributed by atoms with Crippen molar-refractivity contribution in [1.82, 2.24) is 4.98 Å². The summed E-state index contributed by atoms with van der Waals surface area (Å²) in [5.41, 5.74) is 1.16. The van der Waals surface area contributed by atoms with Gasteiger partial charge < -0.3 is 4.98 Å². The summed E-state index contributed by atoms with van der Waals surface area (Å²) in [7, 11) is -3.59. The summed E-state index contributed by atoms with van der Waals surface area (Å²) in [6.07, 6.45) is 0. The zero-order valence-corrected chi connectivity index (χ0v) is 13.8. The maximum atomic E-state index is 12.6. The van der Waals surface area contributed by atoms with Crippen LogP contribution < -0.4 is 0 Å². The largest absolute Gasteiger partial charge is 0.345 e. The van der Waals surface area contributed by atoms with Gasteiger partial charge in [0.25, 0.3) is 0 Å². The number of carbonyl (C=O) groups is 1. The van der Waals surface area contributed by atoms with Crippen molar-refractivity contribution in [2.75, 3.05) is 5.33 Å². The lowest BCUT2D eigenvalue weighted by atomic mass is 10.1. The first-order valence-corrected chi connectivity index (χ1v) is 9.15. The smallest absolute Gasteiger partial charge is 0.221 e. The van der Waals surface area contributed by atoms with Crippen LogP contribution in [0.15, 0.2) is 64.5 Å². The molecule has 0 bridgehead atoms. The molecule has 6 heteroatoms. The molecule has 3 rings (SSSR count). The molecule has 1 N–H and O–H groups in total. The van der Waals surface area contributed by atoms with Crippen LogP contribution in [-0.2, 0) is 9.84 Å². The summed E-state index contributed by atoms with van der Waals surface area (Å²) in [5, 5.41) is 1.10. The van der Waals surface area contributed by atoms with Gasteiger partial charge in [0.1, 0.15) is 5.03 Å². The predicted molar refractivity (Wildman–Crippen MR) is 88.3 cm³/mol. The van der Waals surface area contributed by atoms with Crippen molar-refractivity contribution >= 4 is 42.5 Å². The zero-order chi connectivity index (χ0) is 15.7. The molecule has 1 heterocycles. The van der Waals surface area contributed by atoms with Gasteiger partial charge in [-0.1, -0.05) is 46.3 Å². The third-order valence-electron chi connectivity index (χ3n) is 3.38. The minimum absolute atomic E-state index is 0.0519. The lowest BCUT2D eigenvalue weighted by Gasteiger charge is -2.00. The molecule has 4 nitrogen and oxygen atoms in total. The molecule has 2 aromatic carbocycles. The SMILES string of the molecule is O=C(CBr)c1ccc2cc(S(=O)(=O)c3ccccc3)[nH]c2c1. The first kappa shape index (κ1) is 15.0. The standard InChI is InChI=1S/C16H12BrNO3S/c17-10-15(19)12-7-6-11-9-16(18-14(11)8-12)22(20,21)13-4-2-1-3-5-13/h1-9,18H,10H2. The number of Topliss-reactive ketones (excluding diaryl/α,β-unsaturated/α-hetero) is 1. The number of rotatable bonds is 4. The Balaban J connectivity index is 2.11. The Bertz CT molecular complexity index is 946. The van der Waals surface area contributed by atoms with Crippen LogP contribution in [0, 0.1) is 0 Å². The molecule has 0 amide bonds. The van der Waals surface area contributed by atoms with E-state index in [2.05, 4.69) is 20.9 Å². The third kappa shape index (κ3) is 2.60. The van der Waals surface area contributed by atoms with Crippen LogP contribution in [0.4, 0.5) is 0 Å². The maximum absolute atomic E-state index is 12.6. The van der Waals surface area contributed by atoms with Crippen LogP contribution >= 0.6 is 15.9 Å². The first-order valence-electron chi connectivity index (χ1n) is 6.54. The summed E-state index contributed by atoms with van der Waals surface area (Å²) >= 11 is 3.13. The average Bonchev–Trinajstić information content (AvgIpc) is 2.98. The second kappa shape index (κ2) is 5.70. The van der Waals surface area contributed by atoms with Gasteiger partial charge in [-0.3, -0.25) is 4.79 Å². The maximum Gasteiger partial charge on any atom is 0.221 e. The number of H-pyrrole nitrogens is 1. The van der Waals surface area contributed by atoms with Crippen LogP contribution in [-0.4, -0.2) is 24.5 Å². The number of ketones is 1. The fourth-order valence-electron chi connectivity index (χ4n) is 2.22. The summed E-state index contributed by atoms with van der Waals surface area (Å²) in [4.78, 5) is 14.8. The molecule has 0 aliphatic carbocycles. The first-order chi connectivity index (χ1) is 10.5. The third-order valence-corrected chi connectivity index (χ3v) is 5.59. The highest BCUT2D eigenvalue weighted by atomic mass is 79.9. The van der Waals surface area contributed by atoms with Crippen molar-refractivity contribution < 1.29 is 13.2 Å². The number of carbonyl (C=O) groups excluding carboxylic acids is 1. The van der Waals surface area contributed by atoms with E-state index in [0.717, 1.165) is 5.39 Å². The topological polar surface area (TPSA) is 67.0 Å². The van der Waals surface area contributed by atoms with Gasteiger partial charge in [0.15, 0.2) is 5.78 Å². The normalized spacial score (nSPS) is 11.7. The molecular weight excluding hydrogens is 366 g/mol. The molecule has 0 spiro atoms. The Morgan fingerprint density at radius 1 is 1.05 bits per heavy atom. The average molecular weight is 378 g/mol. The molecule has 0 unspecified atom stereocenters. The number of halogens is 1. The van der Waals surface area contributed by atoms with E-state index in [1.54, 1.807) is 54.6 Å². The van der Waals surface area contributed by atoms with E-state index in [0.29, 0.717) is 11.1 Å². The Morgan fingerprint density at radius 3 is 2.45 bits per heavy atom. The molecule has 1 aromatic heterocycles. The van der Waals surface area contributed by atoms with Crippen molar-refractivity contribution in [3.05, 3.63) is 60.2 Å². The molecule has 3 aromatic rings. The zero-order valence-electron chi connectivity index (χ0n) is 11.4. The fraction of sp³-hybridized carbons (Fsp3) is 0.0625. The quantitative estimate of drug-likeness (QED) is 0.558. The number of hydrogen-bond acceptors (Lipinski definition) is 3. The molecule has 112 valence electrons. The Hall–Kier alpha value is -1.92. The Labute approximate surface area is 136 Å². The molecular formula is C16H12BrNO3S. The summed E-state index contributed by atoms with van der Waals surface area (Å²) in [6.45, 7) is 0. The van der Waals surface area contributed by atoms with Crippen molar-refractivity contribution in [2.24, 2.45) is 0 Å². The van der Waals surface area contributed by atoms with Gasteiger partial charge in [0.05, 0.1) is 10.2 Å². The Kier molecular flexibility index (Phi) is 3.88. The van der Waals surface area contributed by atoms with Crippen LogP contribution in [0.25, 0.3) is 10.9 Å². The number of aromatic amines is 1. The van der Waals surface area contributed by atoms with E-state index in [9.17, 15) is 13.2 Å². The van der Waals surface area contributed by atoms with Crippen LogP contribution in [0.1, 0.15) is 10.4 Å². The molecule has 0 fully saturated rings. The molecule has 0 saturated carbocycles. The predicted octanol–water partition coefficient (Wildman–Crippen LogP) is 3.58. The number of alkyl halides is 1. The molecule has 22 heavy (non-hydrogen) atoms. The lowest BCUT2D eigenvalue weighted by molar-refractivity contribution is 0.102. The summed E-state index contributed by atoms with van der Waals surface area (Å²) < 4.78 is 25.1. The van der Waals surface area contributed by atoms with Crippen molar-refractivity contribution in [3.8, 4) is 0 Å². The van der Waals surface area contributed by atoms with Gasteiger partial charge >= 0.3 is 0 Å². The molecule has 0 saturated heterocycles. The van der Waals surface area contributed by atoms with E-state index in [1.807, 2.05) is 0 Å². The number of nitrogens with one attached hydrogen (secondary N) is 1. The molecule has 0 aliphatic rings. The minimum atomic E-state index is -3.59. The highest BCUT2D eigenvalue weighted by Crippen LogP contribution is 2.25. The monoisotopic (exact) mass is 377 g/mol. The highest BCUT2D eigenvalue weighted by Gasteiger charge is 2.20. The van der Waals surface area contributed by atoms with Gasteiger partial charge in [0, 0.05) is 16.5 Å². The highest BCUT2D eigenvalue weighted by molar-refractivity contribution is 9.09. The molecule has 0 radical (unpaired) electrons. The number of fused-ring (bicyclic) bond motifs is 1. The van der Waals surface area contributed by atoms with Crippen molar-refractivity contribution in [2.45, 2.75) is 9.92 Å². The van der Waals surface area contributed by atoms with Gasteiger partial charge in [-0.2, -0.15) is 0 Å². The lowest BCUT2D eigenvalue weighted by Crippen LogP contribution is -2.01. The van der Waals surface area contributed by atoms with Crippen LogP contribution in [0.3, 0.4) is 0 Å². The minimum Gasteiger partial charge on any atom is -0.345 e. The second-order valence-electron chi connectivity index (χ2n) is 4.81. The van der Waals surface area contributed by atoms with E-state index in [-0.39, 0.29) is 21.0 Å². The van der Waals surface area contributed by atoms with Gasteiger partial charge in [0.2, 0.25) is 9.84 Å². The number of benzene rings is 2. The van der Waals surface area contributed by atoms with E-state index < -0.39 is 9.84 Å². The van der Waals surface area contributed by atoms with E-state index in [1.165, 1.54) is 0 Å². The molecule has 0 atom stereocenters. The van der Waals surface area contributed by atoms with Gasteiger partial charge in [-0.15, -0.1) is 0 Å². The van der Waals surface area contributed by atoms with Crippen LogP contribution in [0.2, 0.25) is 0 Å². The van der Waals surface area contributed by atoms with Gasteiger partial charge in [-0.05, 0) is 24.3 Å². The second-order valence-corrected chi connectivity index (χ2v) is 7.29. The van der Waals surface area contributed by atoms with Crippen LogP contribution in [0.5, 0.6) is 0 Å². The van der Waals surface area contributed by atoms with Gasteiger partial charge in [-0.25, -0.2) is 8.42 Å². The fourth-order valence-corrected chi connectivity index (χ4v) is 3.84. The van der Waals surface area contributed by atoms with Crippen molar-refractivity contribution in [1.29, 1.82) is 0 Å². The number of sulfone groups is 1. The summed E-state index contributed by atoms with van der Waals surface area (Å²) in [6, 6.07) is 14.9. The Morgan fingerprint density at radius 2 is 1.77 bits per heavy atom. The number of hydrogen-bond donors (Lipinski definition) is 1. The number of aromatic nitrogens is 1. The summed E-state index contributed by atoms with van der Waals surface area (Å²) in [5.74, 6) is -0.0519. The molecule has 0 aliphatic heterocycles. The van der Waals surface area contributed by atoms with E-state index in [4.69, 9.17) is 0 Å². The van der Waals surface area contributed by atoms with Crippen molar-refractivity contribution in [3.63, 3.8) is 0 Å².